The van der Waals surface area contributed by atoms with E-state index in [-0.39, 0.29) is 16.9 Å². The molecule has 5 aliphatic carbocycles. The van der Waals surface area contributed by atoms with E-state index in [2.05, 4.69) is 48.1 Å². The van der Waals surface area contributed by atoms with Gasteiger partial charge in [0.25, 0.3) is 0 Å². The van der Waals surface area contributed by atoms with Gasteiger partial charge in [-0.15, -0.1) is 0 Å². The Kier molecular flexibility index (Phi) is 5.03. The Bertz CT molecular complexity index is 814. The average molecular weight is 441 g/mol. The van der Waals surface area contributed by atoms with Crippen LogP contribution in [0.25, 0.3) is 0 Å². The number of hydrogen-bond acceptors (Lipinski definition) is 2. The molecule has 5 saturated carbocycles. The Morgan fingerprint density at radius 2 is 1.56 bits per heavy atom. The van der Waals surface area contributed by atoms with Gasteiger partial charge in [0, 0.05) is 5.41 Å². The van der Waals surface area contributed by atoms with Crippen molar-refractivity contribution in [1.82, 2.24) is 0 Å². The topological polar surface area (TPSA) is 37.3 Å². The molecule has 180 valence electrons. The molecule has 0 aromatic rings. The highest BCUT2D eigenvalue weighted by molar-refractivity contribution is 5.62. The lowest BCUT2D eigenvalue weighted by Gasteiger charge is -2.72. The van der Waals surface area contributed by atoms with E-state index in [1.54, 1.807) is 0 Å². The number of aliphatic hydroxyl groups excluding tert-OH is 1. The molecule has 0 aromatic heterocycles. The highest BCUT2D eigenvalue weighted by atomic mass is 16.3. The summed E-state index contributed by atoms with van der Waals surface area (Å²) >= 11 is 0. The maximum Gasteiger partial charge on any atom is 0.126 e. The zero-order valence-corrected chi connectivity index (χ0v) is 21.7. The van der Waals surface area contributed by atoms with Crippen molar-refractivity contribution in [3.63, 3.8) is 0 Å². The van der Waals surface area contributed by atoms with Crippen molar-refractivity contribution in [2.24, 2.45) is 56.7 Å². The van der Waals surface area contributed by atoms with Crippen LogP contribution in [-0.4, -0.2) is 17.5 Å². The van der Waals surface area contributed by atoms with Gasteiger partial charge in [-0.05, 0) is 122 Å². The minimum Gasteiger partial charge on any atom is -0.393 e. The van der Waals surface area contributed by atoms with Gasteiger partial charge in [-0.2, -0.15) is 0 Å². The fourth-order valence-corrected chi connectivity index (χ4v) is 11.4. The fraction of sp³-hybridized carbons (Fsp3) is 0.900. The predicted molar refractivity (Wildman–Crippen MR) is 131 cm³/mol. The number of allylic oxidation sites excluding steroid dienone is 1. The molecule has 1 N–H and O–H groups in total. The molecule has 0 heterocycles. The standard InChI is InChI=1S/C30H48O2/c1-19(2)20-10-15-30(18-31)17-16-28(6)21(25(20)30)8-9-23-27(5)13-12-24(32)26(3,4)22(27)11-14-29(23,28)7/h18,20-25,32H,1,8-17H2,2-7H3/t20-,21+,22-,23+,24-,25+,27-,28+,29+,30+/m0/s1. The second kappa shape index (κ2) is 6.96. The molecule has 0 aromatic carbocycles. The van der Waals surface area contributed by atoms with Gasteiger partial charge < -0.3 is 9.90 Å². The largest absolute Gasteiger partial charge is 0.393 e. The molecule has 0 amide bonds. The summed E-state index contributed by atoms with van der Waals surface area (Å²) in [4.78, 5) is 12.6. The predicted octanol–water partition coefficient (Wildman–Crippen LogP) is 7.20. The second-order valence-electron chi connectivity index (χ2n) is 14.4. The first-order chi connectivity index (χ1) is 14.9. The quantitative estimate of drug-likeness (QED) is 0.364. The van der Waals surface area contributed by atoms with Crippen LogP contribution in [0.3, 0.4) is 0 Å². The minimum atomic E-state index is -0.158. The highest BCUT2D eigenvalue weighted by Gasteiger charge is 2.70. The van der Waals surface area contributed by atoms with E-state index in [9.17, 15) is 9.90 Å². The van der Waals surface area contributed by atoms with Crippen molar-refractivity contribution >= 4 is 6.29 Å². The van der Waals surface area contributed by atoms with Crippen LogP contribution in [0.2, 0.25) is 0 Å². The average Bonchev–Trinajstić information content (AvgIpc) is 3.12. The van der Waals surface area contributed by atoms with Crippen molar-refractivity contribution in [2.75, 3.05) is 0 Å². The van der Waals surface area contributed by atoms with Crippen LogP contribution in [0.5, 0.6) is 0 Å². The van der Waals surface area contributed by atoms with E-state index in [4.69, 9.17) is 0 Å². The molecule has 5 rings (SSSR count). The summed E-state index contributed by atoms with van der Waals surface area (Å²) in [6, 6.07) is 0. The highest BCUT2D eigenvalue weighted by Crippen LogP contribution is 2.77. The van der Waals surface area contributed by atoms with Gasteiger partial charge in [-0.25, -0.2) is 0 Å². The molecular formula is C30H48O2. The summed E-state index contributed by atoms with van der Waals surface area (Å²) in [7, 11) is 0. The number of rotatable bonds is 2. The molecule has 32 heavy (non-hydrogen) atoms. The van der Waals surface area contributed by atoms with Crippen LogP contribution in [0.4, 0.5) is 0 Å². The third-order valence-electron chi connectivity index (χ3n) is 13.3. The Balaban J connectivity index is 1.56. The lowest BCUT2D eigenvalue weighted by molar-refractivity contribution is -0.245. The molecule has 2 heteroatoms. The molecule has 5 fully saturated rings. The summed E-state index contributed by atoms with van der Waals surface area (Å²) in [5.74, 6) is 3.03. The Morgan fingerprint density at radius 1 is 0.844 bits per heavy atom. The van der Waals surface area contributed by atoms with Crippen LogP contribution >= 0.6 is 0 Å². The van der Waals surface area contributed by atoms with Crippen LogP contribution in [0, 0.1) is 56.7 Å². The number of hydrogen-bond donors (Lipinski definition) is 1. The minimum absolute atomic E-state index is 0.0157. The summed E-state index contributed by atoms with van der Waals surface area (Å²) < 4.78 is 0. The first-order valence-corrected chi connectivity index (χ1v) is 13.7. The number of aliphatic hydroxyl groups is 1. The van der Waals surface area contributed by atoms with Gasteiger partial charge in [0.1, 0.15) is 6.29 Å². The molecule has 0 aliphatic heterocycles. The van der Waals surface area contributed by atoms with E-state index < -0.39 is 0 Å². The number of aldehydes is 1. The van der Waals surface area contributed by atoms with Gasteiger partial charge in [-0.1, -0.05) is 46.8 Å². The summed E-state index contributed by atoms with van der Waals surface area (Å²) in [5, 5.41) is 10.9. The number of carbonyl (C=O) groups is 1. The molecule has 2 nitrogen and oxygen atoms in total. The van der Waals surface area contributed by atoms with Crippen LogP contribution in [0.1, 0.15) is 106 Å². The molecule has 5 aliphatic rings. The van der Waals surface area contributed by atoms with Gasteiger partial charge >= 0.3 is 0 Å². The van der Waals surface area contributed by atoms with E-state index in [1.807, 2.05) is 0 Å². The van der Waals surface area contributed by atoms with E-state index in [1.165, 1.54) is 50.4 Å². The number of carbonyl (C=O) groups excluding carboxylic acids is 1. The Morgan fingerprint density at radius 3 is 2.22 bits per heavy atom. The molecule has 0 radical (unpaired) electrons. The van der Waals surface area contributed by atoms with Crippen molar-refractivity contribution < 1.29 is 9.90 Å². The lowest BCUT2D eigenvalue weighted by atomic mass is 9.32. The van der Waals surface area contributed by atoms with Crippen molar-refractivity contribution in [2.45, 2.75) is 112 Å². The molecule has 0 bridgehead atoms. The van der Waals surface area contributed by atoms with Crippen LogP contribution in [-0.2, 0) is 4.79 Å². The molecule has 0 saturated heterocycles. The lowest BCUT2D eigenvalue weighted by Crippen LogP contribution is -2.66. The SMILES string of the molecule is C=C(C)[C@@H]1CC[C@]2(C=O)CC[C@]3(C)[C@H](CC[C@@H]4[C@@]5(C)CC[C@H](O)C(C)(C)[C@@H]5CC[C@]43C)[C@@H]12. The molecule has 0 spiro atoms. The first kappa shape index (κ1) is 23.1. The normalized spacial score (nSPS) is 56.3. The van der Waals surface area contributed by atoms with Crippen LogP contribution in [0.15, 0.2) is 12.2 Å². The fourth-order valence-electron chi connectivity index (χ4n) is 11.4. The summed E-state index contributed by atoms with van der Waals surface area (Å²) in [6.45, 7) is 19.2. The smallest absolute Gasteiger partial charge is 0.126 e. The maximum atomic E-state index is 12.6. The van der Waals surface area contributed by atoms with E-state index in [0.717, 1.165) is 31.6 Å². The zero-order chi connectivity index (χ0) is 23.3. The number of fused-ring (bicyclic) bond motifs is 7. The monoisotopic (exact) mass is 440 g/mol. The summed E-state index contributed by atoms with van der Waals surface area (Å²) in [6.07, 6.45) is 13.1. The van der Waals surface area contributed by atoms with E-state index >= 15 is 0 Å². The van der Waals surface area contributed by atoms with Crippen molar-refractivity contribution in [1.29, 1.82) is 0 Å². The zero-order valence-electron chi connectivity index (χ0n) is 21.7. The first-order valence-electron chi connectivity index (χ1n) is 13.7. The Hall–Kier alpha value is -0.630. The van der Waals surface area contributed by atoms with Gasteiger partial charge in [-0.3, -0.25) is 0 Å². The van der Waals surface area contributed by atoms with Crippen LogP contribution < -0.4 is 0 Å². The third-order valence-corrected chi connectivity index (χ3v) is 13.3. The maximum absolute atomic E-state index is 12.6. The van der Waals surface area contributed by atoms with E-state index in [0.29, 0.717) is 39.9 Å². The molecule has 0 unspecified atom stereocenters. The van der Waals surface area contributed by atoms with Gasteiger partial charge in [0.15, 0.2) is 0 Å². The van der Waals surface area contributed by atoms with Gasteiger partial charge in [0.2, 0.25) is 0 Å². The van der Waals surface area contributed by atoms with Crippen molar-refractivity contribution in [3.8, 4) is 0 Å². The molecule has 10 atom stereocenters. The molecular weight excluding hydrogens is 392 g/mol. The van der Waals surface area contributed by atoms with Gasteiger partial charge in [0.05, 0.1) is 6.10 Å². The third kappa shape index (κ3) is 2.60. The summed E-state index contributed by atoms with van der Waals surface area (Å²) in [5.41, 5.74) is 2.20. The van der Waals surface area contributed by atoms with Crippen molar-refractivity contribution in [3.05, 3.63) is 12.2 Å². The second-order valence-corrected chi connectivity index (χ2v) is 14.4. The Labute approximate surface area is 197 Å².